The molecule has 1 fully saturated rings. The molecule has 0 aromatic rings. The van der Waals surface area contributed by atoms with Gasteiger partial charge in [-0.05, 0) is 89.2 Å². The number of esters is 2. The largest absolute Gasteiger partial charge is 0.462 e. The van der Waals surface area contributed by atoms with Gasteiger partial charge >= 0.3 is 11.9 Å². The lowest BCUT2D eigenvalue weighted by atomic mass is 9.99. The van der Waals surface area contributed by atoms with Crippen molar-refractivity contribution in [3.8, 4) is 0 Å². The van der Waals surface area contributed by atoms with Crippen LogP contribution in [-0.2, 0) is 28.5 Å². The lowest BCUT2D eigenvalue weighted by molar-refractivity contribution is -0.305. The molecule has 1 saturated heterocycles. The molecule has 10 heteroatoms. The Morgan fingerprint density at radius 1 is 0.596 bits per heavy atom. The van der Waals surface area contributed by atoms with Crippen molar-refractivity contribution in [2.75, 3.05) is 19.8 Å². The maximum absolute atomic E-state index is 12.8. The summed E-state index contributed by atoms with van der Waals surface area (Å²) in [6.45, 7) is 3.27. The molecular weight excluding hydrogens is 725 g/mol. The zero-order valence-electron chi connectivity index (χ0n) is 35.4. The van der Waals surface area contributed by atoms with Crippen molar-refractivity contribution in [1.29, 1.82) is 0 Å². The third kappa shape index (κ3) is 29.1. The fourth-order valence-corrected chi connectivity index (χ4v) is 6.10. The van der Waals surface area contributed by atoms with Gasteiger partial charge in [-0.3, -0.25) is 9.59 Å². The van der Waals surface area contributed by atoms with Gasteiger partial charge in [0, 0.05) is 12.8 Å². The number of carbonyl (C=O) groups is 2. The molecule has 0 spiro atoms. The average molecular weight is 803 g/mol. The molecule has 1 aliphatic heterocycles. The number of unbranched alkanes of at least 4 members (excludes halogenated alkanes) is 14. The molecule has 6 atom stereocenters. The molecule has 2 unspecified atom stereocenters. The number of allylic oxidation sites excluding steroid dienone is 9. The summed E-state index contributed by atoms with van der Waals surface area (Å²) in [5.74, 6) is -0.870. The van der Waals surface area contributed by atoms with E-state index in [2.05, 4.69) is 80.3 Å². The Morgan fingerprint density at radius 2 is 1.12 bits per heavy atom. The van der Waals surface area contributed by atoms with Gasteiger partial charge in [0.25, 0.3) is 0 Å². The Balaban J connectivity index is 2.39. The highest BCUT2D eigenvalue weighted by Gasteiger charge is 2.44. The first-order valence-corrected chi connectivity index (χ1v) is 22.1. The summed E-state index contributed by atoms with van der Waals surface area (Å²) in [6, 6.07) is 0. The number of hydrogen-bond donors (Lipinski definition) is 4. The number of aliphatic hydroxyl groups excluding tert-OH is 4. The third-order valence-corrected chi connectivity index (χ3v) is 9.63. The van der Waals surface area contributed by atoms with Gasteiger partial charge in [0.15, 0.2) is 12.4 Å². The van der Waals surface area contributed by atoms with Gasteiger partial charge < -0.3 is 39.4 Å². The Kier molecular flexibility index (Phi) is 34.3. The highest BCUT2D eigenvalue weighted by atomic mass is 16.7. The van der Waals surface area contributed by atoms with E-state index in [0.717, 1.165) is 83.5 Å². The normalized spacial score (nSPS) is 20.4. The third-order valence-electron chi connectivity index (χ3n) is 9.63. The van der Waals surface area contributed by atoms with Gasteiger partial charge in [-0.1, -0.05) is 120 Å². The van der Waals surface area contributed by atoms with E-state index in [4.69, 9.17) is 18.9 Å². The van der Waals surface area contributed by atoms with E-state index in [-0.39, 0.29) is 26.1 Å². The minimum atomic E-state index is -1.61. The molecule has 0 bridgehead atoms. The number of carbonyl (C=O) groups excluding carboxylic acids is 2. The summed E-state index contributed by atoms with van der Waals surface area (Å²) in [5, 5.41) is 40.0. The van der Waals surface area contributed by atoms with Crippen LogP contribution in [0.3, 0.4) is 0 Å². The Morgan fingerprint density at radius 3 is 1.74 bits per heavy atom. The Hall–Kier alpha value is -2.82. The first-order valence-electron chi connectivity index (χ1n) is 22.1. The predicted molar refractivity (Wildman–Crippen MR) is 227 cm³/mol. The highest BCUT2D eigenvalue weighted by Crippen LogP contribution is 2.22. The molecule has 1 heterocycles. The fraction of sp³-hybridized carbons (Fsp3) is 0.723. The van der Waals surface area contributed by atoms with Crippen molar-refractivity contribution in [1.82, 2.24) is 0 Å². The summed E-state index contributed by atoms with van der Waals surface area (Å²) in [5.41, 5.74) is 3.29. The predicted octanol–water partition coefficient (Wildman–Crippen LogP) is 9.21. The molecule has 10 nitrogen and oxygen atoms in total. The first kappa shape index (κ1) is 52.2. The second kappa shape index (κ2) is 37.5. The van der Waals surface area contributed by atoms with E-state index in [9.17, 15) is 30.0 Å². The molecule has 4 N–H and O–H groups in total. The van der Waals surface area contributed by atoms with Crippen LogP contribution in [-0.4, -0.2) is 89.0 Å². The summed E-state index contributed by atoms with van der Waals surface area (Å²) in [7, 11) is 0. The van der Waals surface area contributed by atoms with Crippen LogP contribution in [0.4, 0.5) is 0 Å². The van der Waals surface area contributed by atoms with Gasteiger partial charge in [-0.2, -0.15) is 0 Å². The zero-order chi connectivity index (χ0) is 41.6. The molecule has 0 saturated carbocycles. The van der Waals surface area contributed by atoms with Crippen molar-refractivity contribution in [3.05, 3.63) is 66.5 Å². The molecule has 0 aromatic carbocycles. The van der Waals surface area contributed by atoms with Gasteiger partial charge in [-0.25, -0.2) is 0 Å². The highest BCUT2D eigenvalue weighted by molar-refractivity contribution is 5.70. The van der Waals surface area contributed by atoms with Crippen LogP contribution in [0.2, 0.25) is 0 Å². The van der Waals surface area contributed by atoms with Crippen molar-refractivity contribution in [3.63, 3.8) is 0 Å². The molecular formula is C47H78O10. The van der Waals surface area contributed by atoms with Crippen LogP contribution in [0.25, 0.3) is 0 Å². The monoisotopic (exact) mass is 803 g/mol. The fourth-order valence-electron chi connectivity index (χ4n) is 6.10. The van der Waals surface area contributed by atoms with E-state index in [1.807, 2.05) is 0 Å². The van der Waals surface area contributed by atoms with E-state index in [0.29, 0.717) is 12.8 Å². The molecule has 57 heavy (non-hydrogen) atoms. The van der Waals surface area contributed by atoms with E-state index >= 15 is 0 Å². The topological polar surface area (TPSA) is 152 Å². The second-order valence-electron chi connectivity index (χ2n) is 14.9. The van der Waals surface area contributed by atoms with Crippen LogP contribution < -0.4 is 0 Å². The minimum absolute atomic E-state index is 0.199. The van der Waals surface area contributed by atoms with Crippen LogP contribution in [0.15, 0.2) is 66.5 Å². The SMILES string of the molecule is CCC/C=C/C/C=C/C/C=C/C/C=C/CCCCCC(=O)OC[C@@H](CO[C@H]1O[C@@H](CO)[C@@H](O)C(O)C1O)OC(=O)CCCCCCCC=C=CCCCCCCC. The van der Waals surface area contributed by atoms with Crippen molar-refractivity contribution < 1.29 is 49.0 Å². The van der Waals surface area contributed by atoms with Crippen molar-refractivity contribution in [2.45, 2.75) is 198 Å². The summed E-state index contributed by atoms with van der Waals surface area (Å²) >= 11 is 0. The van der Waals surface area contributed by atoms with Crippen LogP contribution in [0, 0.1) is 0 Å². The van der Waals surface area contributed by atoms with Gasteiger partial charge in [0.05, 0.1) is 13.2 Å². The van der Waals surface area contributed by atoms with Crippen LogP contribution in [0.1, 0.15) is 162 Å². The molecule has 0 aromatic heterocycles. The van der Waals surface area contributed by atoms with Gasteiger partial charge in [0.1, 0.15) is 31.0 Å². The smallest absolute Gasteiger partial charge is 0.306 e. The number of hydrogen-bond acceptors (Lipinski definition) is 10. The quantitative estimate of drug-likeness (QED) is 0.0211. The summed E-state index contributed by atoms with van der Waals surface area (Å²) in [4.78, 5) is 25.3. The minimum Gasteiger partial charge on any atom is -0.462 e. The number of rotatable bonds is 35. The molecule has 0 amide bonds. The molecule has 0 radical (unpaired) electrons. The van der Waals surface area contributed by atoms with Gasteiger partial charge in [-0.15, -0.1) is 5.73 Å². The van der Waals surface area contributed by atoms with E-state index in [1.54, 1.807) is 0 Å². The maximum Gasteiger partial charge on any atom is 0.306 e. The molecule has 326 valence electrons. The molecule has 1 rings (SSSR count). The summed E-state index contributed by atoms with van der Waals surface area (Å²) in [6.07, 6.45) is 35.7. The lowest BCUT2D eigenvalue weighted by Gasteiger charge is -2.39. The van der Waals surface area contributed by atoms with Crippen molar-refractivity contribution in [2.24, 2.45) is 0 Å². The Bertz CT molecular complexity index is 1170. The average Bonchev–Trinajstić information content (AvgIpc) is 3.21. The number of aliphatic hydroxyl groups is 4. The molecule has 0 aliphatic carbocycles. The Labute approximate surface area is 344 Å². The van der Waals surface area contributed by atoms with E-state index in [1.165, 1.54) is 38.5 Å². The van der Waals surface area contributed by atoms with E-state index < -0.39 is 55.4 Å². The maximum atomic E-state index is 12.8. The van der Waals surface area contributed by atoms with Gasteiger partial charge in [0.2, 0.25) is 0 Å². The van der Waals surface area contributed by atoms with Crippen molar-refractivity contribution >= 4 is 11.9 Å². The first-order chi connectivity index (χ1) is 27.8. The molecule has 1 aliphatic rings. The van der Waals surface area contributed by atoms with Crippen LogP contribution >= 0.6 is 0 Å². The standard InChI is InChI=1S/C47H78O10/c1-3-5-7-9-11-13-15-17-19-20-22-23-25-27-29-31-33-35-42(49)54-38-40(39-55-47-46(53)45(52)44(51)41(37-48)57-47)56-43(50)36-34-32-30-28-26-24-21-18-16-14-12-10-8-6-4-2/h7,9,13,15-16,19-21,23,25,40-41,44-48,51-53H,3-6,8,10-12,14,17,22,24,26-39H2,1-2H3/b9-7+,15-13+,20-19+,25-23+/t18?,40-,41-,44+,45?,46?,47-/m0/s1. The van der Waals surface area contributed by atoms with Crippen LogP contribution in [0.5, 0.6) is 0 Å². The summed E-state index contributed by atoms with van der Waals surface area (Å²) < 4.78 is 22.1. The number of ether oxygens (including phenoxy) is 4. The second-order valence-corrected chi connectivity index (χ2v) is 14.9. The lowest BCUT2D eigenvalue weighted by Crippen LogP contribution is -2.59. The zero-order valence-corrected chi connectivity index (χ0v) is 35.4.